The summed E-state index contributed by atoms with van der Waals surface area (Å²) in [7, 11) is 0. The molecule has 3 atom stereocenters. The van der Waals surface area contributed by atoms with Crippen molar-refractivity contribution in [3.05, 3.63) is 29.3 Å². The minimum Gasteiger partial charge on any atom is -0.493 e. The summed E-state index contributed by atoms with van der Waals surface area (Å²) in [4.78, 5) is 2.28. The normalized spacial score (nSPS) is 24.2. The van der Waals surface area contributed by atoms with Crippen LogP contribution in [0.2, 0.25) is 0 Å². The zero-order valence-electron chi connectivity index (χ0n) is 14.2. The summed E-state index contributed by atoms with van der Waals surface area (Å²) < 4.78 is 11.5. The molecule has 1 aromatic carbocycles. The monoisotopic (exact) mass is 307 g/mol. The van der Waals surface area contributed by atoms with Crippen LogP contribution in [0.25, 0.3) is 0 Å². The van der Waals surface area contributed by atoms with Crippen LogP contribution in [0.1, 0.15) is 31.4 Å². The Hall–Kier alpha value is -1.10. The van der Waals surface area contributed by atoms with Crippen molar-refractivity contribution in [2.45, 2.75) is 52.4 Å². The van der Waals surface area contributed by atoms with Gasteiger partial charge in [-0.3, -0.25) is 4.90 Å². The third-order valence-corrected chi connectivity index (χ3v) is 4.16. The van der Waals surface area contributed by atoms with Gasteiger partial charge in [-0.25, -0.2) is 0 Å². The lowest BCUT2D eigenvalue weighted by Gasteiger charge is -2.36. The van der Waals surface area contributed by atoms with E-state index in [9.17, 15) is 5.11 Å². The fourth-order valence-corrected chi connectivity index (χ4v) is 2.94. The van der Waals surface area contributed by atoms with E-state index in [4.69, 9.17) is 9.47 Å². The highest BCUT2D eigenvalue weighted by Crippen LogP contribution is 2.17. The molecule has 22 heavy (non-hydrogen) atoms. The van der Waals surface area contributed by atoms with E-state index < -0.39 is 0 Å². The summed E-state index contributed by atoms with van der Waals surface area (Å²) in [5.41, 5.74) is 2.50. The molecule has 0 radical (unpaired) electrons. The van der Waals surface area contributed by atoms with Gasteiger partial charge in [0, 0.05) is 26.1 Å². The molecule has 1 heterocycles. The topological polar surface area (TPSA) is 41.9 Å². The molecular formula is C18H29NO3. The lowest BCUT2D eigenvalue weighted by atomic mass is 10.1. The number of aliphatic hydroxyl groups excluding tert-OH is 1. The number of benzene rings is 1. The fourth-order valence-electron chi connectivity index (χ4n) is 2.94. The van der Waals surface area contributed by atoms with Crippen molar-refractivity contribution in [1.29, 1.82) is 0 Å². The summed E-state index contributed by atoms with van der Waals surface area (Å²) in [6.45, 7) is 11.3. The second kappa shape index (κ2) is 7.95. The summed E-state index contributed by atoms with van der Waals surface area (Å²) in [6.07, 6.45) is 0.766. The Kier molecular flexibility index (Phi) is 6.24. The third-order valence-electron chi connectivity index (χ3n) is 4.16. The van der Waals surface area contributed by atoms with Crippen LogP contribution in [-0.4, -0.2) is 54.6 Å². The zero-order valence-corrected chi connectivity index (χ0v) is 14.2. The van der Waals surface area contributed by atoms with Gasteiger partial charge in [0.05, 0.1) is 24.9 Å². The Balaban J connectivity index is 1.71. The van der Waals surface area contributed by atoms with Gasteiger partial charge in [-0.2, -0.15) is 0 Å². The Morgan fingerprint density at radius 3 is 2.55 bits per heavy atom. The van der Waals surface area contributed by atoms with Crippen molar-refractivity contribution in [3.63, 3.8) is 0 Å². The second-order valence-corrected chi connectivity index (χ2v) is 6.51. The van der Waals surface area contributed by atoms with E-state index in [1.165, 1.54) is 11.1 Å². The summed E-state index contributed by atoms with van der Waals surface area (Å²) in [5, 5.41) is 10.2. The third kappa shape index (κ3) is 5.27. The number of ether oxygens (including phenoxy) is 2. The van der Waals surface area contributed by atoms with Gasteiger partial charge in [0.15, 0.2) is 0 Å². The lowest BCUT2D eigenvalue weighted by molar-refractivity contribution is -0.0772. The summed E-state index contributed by atoms with van der Waals surface area (Å²) >= 11 is 0. The van der Waals surface area contributed by atoms with Gasteiger partial charge in [0.2, 0.25) is 0 Å². The minimum absolute atomic E-state index is 0.239. The van der Waals surface area contributed by atoms with E-state index in [1.54, 1.807) is 0 Å². The molecular weight excluding hydrogens is 278 g/mol. The van der Waals surface area contributed by atoms with E-state index in [-0.39, 0.29) is 18.3 Å². The first-order valence-electron chi connectivity index (χ1n) is 8.20. The maximum Gasteiger partial charge on any atom is 0.119 e. The largest absolute Gasteiger partial charge is 0.493 e. The molecule has 1 fully saturated rings. The van der Waals surface area contributed by atoms with Crippen LogP contribution in [0, 0.1) is 13.8 Å². The molecule has 1 N–H and O–H groups in total. The first-order valence-corrected chi connectivity index (χ1v) is 8.20. The number of hydrogen-bond donors (Lipinski definition) is 1. The number of β-amino-alcohol motifs (C(OH)–C–C–N with tert-alkyl or cyclic N) is 1. The number of aryl methyl sites for hydroxylation is 2. The van der Waals surface area contributed by atoms with Gasteiger partial charge in [-0.1, -0.05) is 6.07 Å². The molecule has 4 heteroatoms. The highest BCUT2D eigenvalue weighted by atomic mass is 16.5. The number of nitrogens with zero attached hydrogens (tertiary/aromatic N) is 1. The van der Waals surface area contributed by atoms with Crippen molar-refractivity contribution < 1.29 is 14.6 Å². The Morgan fingerprint density at radius 1 is 1.23 bits per heavy atom. The van der Waals surface area contributed by atoms with Crippen LogP contribution in [0.15, 0.2) is 18.2 Å². The van der Waals surface area contributed by atoms with Crippen molar-refractivity contribution >= 4 is 0 Å². The molecule has 0 aromatic heterocycles. The lowest BCUT2D eigenvalue weighted by Crippen LogP contribution is -2.48. The zero-order chi connectivity index (χ0) is 16.1. The fraction of sp³-hybridized carbons (Fsp3) is 0.667. The van der Waals surface area contributed by atoms with Crippen molar-refractivity contribution in [3.8, 4) is 5.75 Å². The predicted molar refractivity (Wildman–Crippen MR) is 88.5 cm³/mol. The summed E-state index contributed by atoms with van der Waals surface area (Å²) in [6, 6.07) is 6.10. The molecule has 0 unspecified atom stereocenters. The molecule has 0 spiro atoms. The molecule has 4 nitrogen and oxygen atoms in total. The van der Waals surface area contributed by atoms with Crippen LogP contribution in [0.4, 0.5) is 0 Å². The molecule has 1 saturated heterocycles. The molecule has 1 aromatic rings. The Labute approximate surface area is 134 Å². The van der Waals surface area contributed by atoms with Crippen LogP contribution >= 0.6 is 0 Å². The smallest absolute Gasteiger partial charge is 0.119 e. The van der Waals surface area contributed by atoms with Crippen LogP contribution in [0.3, 0.4) is 0 Å². The van der Waals surface area contributed by atoms with E-state index in [2.05, 4.69) is 38.7 Å². The maximum atomic E-state index is 10.2. The van der Waals surface area contributed by atoms with Crippen molar-refractivity contribution in [2.75, 3.05) is 26.2 Å². The Morgan fingerprint density at radius 2 is 1.91 bits per heavy atom. The summed E-state index contributed by atoms with van der Waals surface area (Å²) in [5.74, 6) is 0.879. The SMILES string of the molecule is Cc1ccc(OCC[C@H](O)CN2C[C@H](C)O[C@@H](C)C2)cc1C. The quantitative estimate of drug-likeness (QED) is 0.877. The average molecular weight is 307 g/mol. The first-order chi connectivity index (χ1) is 10.4. The van der Waals surface area contributed by atoms with Crippen LogP contribution in [-0.2, 0) is 4.74 Å². The van der Waals surface area contributed by atoms with Crippen LogP contribution < -0.4 is 4.74 Å². The predicted octanol–water partition coefficient (Wildman–Crippen LogP) is 2.54. The number of rotatable bonds is 6. The highest BCUT2D eigenvalue weighted by Gasteiger charge is 2.23. The van der Waals surface area contributed by atoms with Crippen LogP contribution in [0.5, 0.6) is 5.75 Å². The Bertz CT molecular complexity index is 467. The number of aliphatic hydroxyl groups is 1. The van der Waals surface area contributed by atoms with Crippen molar-refractivity contribution in [2.24, 2.45) is 0 Å². The molecule has 0 bridgehead atoms. The highest BCUT2D eigenvalue weighted by molar-refractivity contribution is 5.33. The van der Waals surface area contributed by atoms with Gasteiger partial charge >= 0.3 is 0 Å². The van der Waals surface area contributed by atoms with E-state index in [0.717, 1.165) is 18.8 Å². The number of hydrogen-bond acceptors (Lipinski definition) is 4. The average Bonchev–Trinajstić information content (AvgIpc) is 2.41. The molecule has 0 aliphatic carbocycles. The molecule has 124 valence electrons. The van der Waals surface area contributed by atoms with Gasteiger partial charge < -0.3 is 14.6 Å². The molecule has 2 rings (SSSR count). The maximum absolute atomic E-state index is 10.2. The van der Waals surface area contributed by atoms with Gasteiger partial charge in [0.25, 0.3) is 0 Å². The standard InChI is InChI=1S/C18H29NO3/c1-13-5-6-18(9-14(13)2)21-8-7-17(20)12-19-10-15(3)22-16(4)11-19/h5-6,9,15-17,20H,7-8,10-12H2,1-4H3/t15-,16-,17-/m0/s1. The molecule has 1 aliphatic rings. The van der Waals surface area contributed by atoms with E-state index in [0.29, 0.717) is 19.6 Å². The van der Waals surface area contributed by atoms with Gasteiger partial charge in [0.1, 0.15) is 5.75 Å². The van der Waals surface area contributed by atoms with Crippen molar-refractivity contribution in [1.82, 2.24) is 4.90 Å². The molecule has 0 saturated carbocycles. The van der Waals surface area contributed by atoms with E-state index >= 15 is 0 Å². The minimum atomic E-state index is -0.357. The van der Waals surface area contributed by atoms with Gasteiger partial charge in [-0.05, 0) is 51.0 Å². The van der Waals surface area contributed by atoms with Gasteiger partial charge in [-0.15, -0.1) is 0 Å². The van der Waals surface area contributed by atoms with E-state index in [1.807, 2.05) is 12.1 Å². The second-order valence-electron chi connectivity index (χ2n) is 6.51. The first kappa shape index (κ1) is 17.3. The molecule has 1 aliphatic heterocycles. The molecule has 0 amide bonds. The number of morpholine rings is 1.